The fourth-order valence-electron chi connectivity index (χ4n) is 4.11. The number of amides is 1. The molecular weight excluding hydrogens is 378 g/mol. The zero-order valence-electron chi connectivity index (χ0n) is 16.7. The minimum Gasteiger partial charge on any atom is -0.382 e. The number of carbonyl (C=O) groups is 1. The number of benzene rings is 1. The normalized spacial score (nSPS) is 20.9. The zero-order valence-corrected chi connectivity index (χ0v) is 16.7. The number of rotatable bonds is 3. The van der Waals surface area contributed by atoms with Crippen molar-refractivity contribution in [3.63, 3.8) is 0 Å². The second-order valence-electron chi connectivity index (χ2n) is 7.57. The maximum Gasteiger partial charge on any atom is 0.242 e. The Labute approximate surface area is 173 Å². The molecule has 1 aliphatic carbocycles. The van der Waals surface area contributed by atoms with Gasteiger partial charge in [0.05, 0.1) is 30.5 Å². The molecule has 8 nitrogen and oxygen atoms in total. The van der Waals surface area contributed by atoms with Crippen LogP contribution in [0.15, 0.2) is 65.7 Å². The van der Waals surface area contributed by atoms with Crippen molar-refractivity contribution in [1.82, 2.24) is 19.5 Å². The van der Waals surface area contributed by atoms with Crippen molar-refractivity contribution in [2.45, 2.75) is 26.4 Å². The predicted octanol–water partition coefficient (Wildman–Crippen LogP) is 2.66. The van der Waals surface area contributed by atoms with Crippen LogP contribution in [-0.2, 0) is 11.3 Å². The molecule has 30 heavy (non-hydrogen) atoms. The van der Waals surface area contributed by atoms with Crippen molar-refractivity contribution < 1.29 is 4.79 Å². The molecule has 2 unspecified atom stereocenters. The third-order valence-electron chi connectivity index (χ3n) is 5.64. The zero-order chi connectivity index (χ0) is 20.8. The molecule has 0 spiro atoms. The van der Waals surface area contributed by atoms with Crippen LogP contribution < -0.4 is 10.6 Å². The van der Waals surface area contributed by atoms with Gasteiger partial charge in [-0.2, -0.15) is 0 Å². The summed E-state index contributed by atoms with van der Waals surface area (Å²) in [6, 6.07) is 7.63. The van der Waals surface area contributed by atoms with Crippen LogP contribution in [0.25, 0.3) is 11.2 Å². The Kier molecular flexibility index (Phi) is 4.20. The van der Waals surface area contributed by atoms with Gasteiger partial charge in [0.25, 0.3) is 0 Å². The summed E-state index contributed by atoms with van der Waals surface area (Å²) < 4.78 is 1.85. The quantitative estimate of drug-likeness (QED) is 0.729. The van der Waals surface area contributed by atoms with Crippen LogP contribution in [0.1, 0.15) is 12.5 Å². The Morgan fingerprint density at radius 3 is 2.80 bits per heavy atom. The van der Waals surface area contributed by atoms with Gasteiger partial charge in [-0.15, -0.1) is 0 Å². The van der Waals surface area contributed by atoms with Crippen molar-refractivity contribution in [3.8, 4) is 0 Å². The van der Waals surface area contributed by atoms with Gasteiger partial charge in [0.2, 0.25) is 5.91 Å². The van der Waals surface area contributed by atoms with Gasteiger partial charge in [0, 0.05) is 0 Å². The highest BCUT2D eigenvalue weighted by Crippen LogP contribution is 2.33. The maximum atomic E-state index is 13.7. The summed E-state index contributed by atoms with van der Waals surface area (Å²) in [4.78, 5) is 33.1. The fraction of sp³-hybridized carbons (Fsp3) is 0.227. The van der Waals surface area contributed by atoms with E-state index < -0.39 is 0 Å². The molecule has 2 aromatic heterocycles. The fourth-order valence-corrected chi connectivity index (χ4v) is 4.11. The lowest BCUT2D eigenvalue weighted by Gasteiger charge is -2.37. The first-order valence-corrected chi connectivity index (χ1v) is 9.77. The van der Waals surface area contributed by atoms with Crippen molar-refractivity contribution in [2.24, 2.45) is 10.9 Å². The van der Waals surface area contributed by atoms with E-state index in [1.54, 1.807) is 11.2 Å². The molecule has 0 saturated carbocycles. The van der Waals surface area contributed by atoms with Gasteiger partial charge < -0.3 is 10.3 Å². The van der Waals surface area contributed by atoms with Crippen LogP contribution >= 0.6 is 0 Å². The molecule has 150 valence electrons. The Morgan fingerprint density at radius 2 is 1.97 bits per heavy atom. The van der Waals surface area contributed by atoms with Crippen LogP contribution in [0.4, 0.5) is 11.5 Å². The lowest BCUT2D eigenvalue weighted by Crippen LogP contribution is -2.51. The van der Waals surface area contributed by atoms with Gasteiger partial charge in [0.15, 0.2) is 11.5 Å². The second-order valence-corrected chi connectivity index (χ2v) is 7.57. The lowest BCUT2D eigenvalue weighted by atomic mass is 9.85. The Bertz CT molecular complexity index is 1250. The van der Waals surface area contributed by atoms with E-state index in [4.69, 9.17) is 10.7 Å². The highest BCUT2D eigenvalue weighted by Gasteiger charge is 2.40. The van der Waals surface area contributed by atoms with E-state index in [1.807, 2.05) is 60.9 Å². The first kappa shape index (κ1) is 18.2. The molecule has 5 rings (SSSR count). The number of amidine groups is 1. The number of para-hydroxylation sites is 1. The number of aryl methyl sites for hydroxylation is 1. The highest BCUT2D eigenvalue weighted by atomic mass is 16.2. The highest BCUT2D eigenvalue weighted by molar-refractivity contribution is 6.20. The first-order chi connectivity index (χ1) is 14.5. The Hall–Kier alpha value is -3.81. The molecule has 8 heteroatoms. The monoisotopic (exact) mass is 399 g/mol. The number of aromatic nitrogens is 4. The molecule has 2 aliphatic rings. The molecule has 0 bridgehead atoms. The van der Waals surface area contributed by atoms with Crippen LogP contribution in [0, 0.1) is 12.8 Å². The molecule has 2 atom stereocenters. The first-order valence-electron chi connectivity index (χ1n) is 9.77. The molecule has 1 amide bonds. The average molecular weight is 399 g/mol. The summed E-state index contributed by atoms with van der Waals surface area (Å²) in [6.07, 6.45) is 9.01. The SMILES string of the molecule is CC1=CC=CC2N=C(Cn3cnc4c(N)ncnc43)N(c3ccccc3C)C(=O)C12. The topological polar surface area (TPSA) is 102 Å². The van der Waals surface area contributed by atoms with Crippen LogP contribution in [-0.4, -0.2) is 37.3 Å². The third kappa shape index (κ3) is 2.80. The van der Waals surface area contributed by atoms with Crippen molar-refractivity contribution in [1.29, 1.82) is 0 Å². The van der Waals surface area contributed by atoms with E-state index in [9.17, 15) is 4.79 Å². The van der Waals surface area contributed by atoms with E-state index in [0.29, 0.717) is 29.4 Å². The van der Waals surface area contributed by atoms with E-state index in [2.05, 4.69) is 15.0 Å². The largest absolute Gasteiger partial charge is 0.382 e. The van der Waals surface area contributed by atoms with E-state index in [0.717, 1.165) is 16.8 Å². The number of nitrogens with zero attached hydrogens (tertiary/aromatic N) is 6. The summed E-state index contributed by atoms with van der Waals surface area (Å²) in [7, 11) is 0. The number of anilines is 2. The summed E-state index contributed by atoms with van der Waals surface area (Å²) in [6.45, 7) is 4.32. The maximum absolute atomic E-state index is 13.7. The number of hydrogen-bond donors (Lipinski definition) is 1. The minimum atomic E-state index is -0.296. The molecule has 0 saturated heterocycles. The van der Waals surface area contributed by atoms with Gasteiger partial charge in [-0.1, -0.05) is 42.0 Å². The Morgan fingerprint density at radius 1 is 1.13 bits per heavy atom. The molecule has 3 aromatic rings. The summed E-state index contributed by atoms with van der Waals surface area (Å²) in [5.74, 6) is 0.699. The second kappa shape index (κ2) is 6.91. The number of allylic oxidation sites excluding steroid dienone is 2. The van der Waals surface area contributed by atoms with Crippen molar-refractivity contribution >= 4 is 34.4 Å². The average Bonchev–Trinajstić information content (AvgIpc) is 3.13. The number of imidazole rings is 1. The van der Waals surface area contributed by atoms with Gasteiger partial charge in [-0.3, -0.25) is 14.7 Å². The van der Waals surface area contributed by atoms with E-state index in [1.165, 1.54) is 6.33 Å². The molecule has 3 heterocycles. The molecule has 0 radical (unpaired) electrons. The standard InChI is InChI=1S/C22H21N7O/c1-13-6-3-4-9-16(13)29-17(27-15-8-5-7-14(2)18(15)22(29)30)10-28-12-26-19-20(23)24-11-25-21(19)28/h3-9,11-12,15,18H,10H2,1-2H3,(H2,23,24,25). The van der Waals surface area contributed by atoms with E-state index in [-0.39, 0.29) is 17.9 Å². The summed E-state index contributed by atoms with van der Waals surface area (Å²) in [5, 5.41) is 0. The number of fused-ring (bicyclic) bond motifs is 2. The summed E-state index contributed by atoms with van der Waals surface area (Å²) >= 11 is 0. The number of nitrogens with two attached hydrogens (primary N) is 1. The van der Waals surface area contributed by atoms with Gasteiger partial charge in [0.1, 0.15) is 17.7 Å². The molecule has 1 aliphatic heterocycles. The third-order valence-corrected chi connectivity index (χ3v) is 5.64. The predicted molar refractivity (Wildman–Crippen MR) is 116 cm³/mol. The van der Waals surface area contributed by atoms with E-state index >= 15 is 0 Å². The molecule has 1 aromatic carbocycles. The van der Waals surface area contributed by atoms with Gasteiger partial charge in [-0.25, -0.2) is 15.0 Å². The number of nitrogen functional groups attached to an aromatic ring is 1. The minimum absolute atomic E-state index is 0.0240. The van der Waals surface area contributed by atoms with Gasteiger partial charge in [-0.05, 0) is 25.5 Å². The van der Waals surface area contributed by atoms with Crippen LogP contribution in [0.5, 0.6) is 0 Å². The number of aliphatic imine (C=N–C) groups is 1. The molecule has 2 N–H and O–H groups in total. The Balaban J connectivity index is 1.64. The van der Waals surface area contributed by atoms with Crippen LogP contribution in [0.2, 0.25) is 0 Å². The molecular formula is C22H21N7O. The lowest BCUT2D eigenvalue weighted by molar-refractivity contribution is -0.121. The number of hydrogen-bond acceptors (Lipinski definition) is 6. The van der Waals surface area contributed by atoms with Gasteiger partial charge >= 0.3 is 0 Å². The number of carbonyl (C=O) groups excluding carboxylic acids is 1. The smallest absolute Gasteiger partial charge is 0.242 e. The molecule has 0 fully saturated rings. The van der Waals surface area contributed by atoms with Crippen LogP contribution in [0.3, 0.4) is 0 Å². The van der Waals surface area contributed by atoms with Crippen molar-refractivity contribution in [2.75, 3.05) is 10.6 Å². The van der Waals surface area contributed by atoms with Crippen molar-refractivity contribution in [3.05, 3.63) is 66.3 Å². The summed E-state index contributed by atoms with van der Waals surface area (Å²) in [5.41, 5.74) is 9.93.